The van der Waals surface area contributed by atoms with E-state index in [1.165, 1.54) is 34.3 Å². The maximum absolute atomic E-state index is 12.2. The van der Waals surface area contributed by atoms with Crippen molar-refractivity contribution >= 4 is 58.7 Å². The summed E-state index contributed by atoms with van der Waals surface area (Å²) in [6.07, 6.45) is 0. The number of thioether (sulfide) groups is 2. The van der Waals surface area contributed by atoms with E-state index in [0.717, 1.165) is 0 Å². The van der Waals surface area contributed by atoms with Crippen molar-refractivity contribution in [3.63, 3.8) is 0 Å². The summed E-state index contributed by atoms with van der Waals surface area (Å²) < 4.78 is 9.86. The van der Waals surface area contributed by atoms with Crippen LogP contribution in [0.3, 0.4) is 0 Å². The van der Waals surface area contributed by atoms with E-state index in [2.05, 4.69) is 10.6 Å². The number of carbonyl (C=O) groups excluding carboxylic acids is 4. The number of anilines is 2. The number of hydrogen-bond acceptors (Lipinski definition) is 8. The van der Waals surface area contributed by atoms with E-state index in [4.69, 9.17) is 9.47 Å². The molecular formula is C18H16N2O6S2. The molecule has 0 unspecified atom stereocenters. The molecule has 1 aromatic rings. The lowest BCUT2D eigenvalue weighted by Gasteiger charge is -2.09. The van der Waals surface area contributed by atoms with E-state index in [1.807, 2.05) is 0 Å². The Balaban J connectivity index is 1.62. The molecule has 0 saturated heterocycles. The molecule has 1 aromatic carbocycles. The summed E-state index contributed by atoms with van der Waals surface area (Å²) in [5.41, 5.74) is 0.761. The van der Waals surface area contributed by atoms with Gasteiger partial charge in [0.05, 0.1) is 0 Å². The fraction of sp³-hybridized carbons (Fsp3) is 0.222. The molecule has 146 valence electrons. The number of carbonyl (C=O) groups is 4. The van der Waals surface area contributed by atoms with Crippen LogP contribution < -0.4 is 10.6 Å². The number of hydrogen-bond donors (Lipinski definition) is 2. The monoisotopic (exact) mass is 420 g/mol. The molecule has 2 N–H and O–H groups in total. The zero-order valence-corrected chi connectivity index (χ0v) is 16.2. The van der Waals surface area contributed by atoms with Crippen molar-refractivity contribution in [3.8, 4) is 0 Å². The first kappa shape index (κ1) is 20.0. The van der Waals surface area contributed by atoms with Crippen molar-refractivity contribution in [2.24, 2.45) is 0 Å². The topological polar surface area (TPSA) is 111 Å². The summed E-state index contributed by atoms with van der Waals surface area (Å²) in [5, 5.41) is 8.18. The average molecular weight is 420 g/mol. The third-order valence-electron chi connectivity index (χ3n) is 3.60. The van der Waals surface area contributed by atoms with Gasteiger partial charge in [0.25, 0.3) is 11.8 Å². The number of rotatable bonds is 4. The molecule has 0 spiro atoms. The highest BCUT2D eigenvalue weighted by Gasteiger charge is 2.23. The zero-order chi connectivity index (χ0) is 19.9. The van der Waals surface area contributed by atoms with E-state index in [-0.39, 0.29) is 24.4 Å². The number of amides is 2. The Kier molecular flexibility index (Phi) is 6.77. The van der Waals surface area contributed by atoms with Gasteiger partial charge in [0, 0.05) is 22.9 Å². The first-order valence-corrected chi connectivity index (χ1v) is 10.3. The Morgan fingerprint density at radius 2 is 1.14 bits per heavy atom. The van der Waals surface area contributed by atoms with Crippen molar-refractivity contribution in [1.29, 1.82) is 0 Å². The van der Waals surface area contributed by atoms with Gasteiger partial charge in [-0.3, -0.25) is 9.59 Å². The van der Waals surface area contributed by atoms with Crippen LogP contribution in [0.2, 0.25) is 0 Å². The minimum atomic E-state index is -0.659. The van der Waals surface area contributed by atoms with Crippen molar-refractivity contribution in [2.45, 2.75) is 0 Å². The maximum atomic E-state index is 12.2. The summed E-state index contributed by atoms with van der Waals surface area (Å²) in [7, 11) is 0. The predicted molar refractivity (Wildman–Crippen MR) is 107 cm³/mol. The number of nitrogens with one attached hydrogen (secondary N) is 2. The lowest BCUT2D eigenvalue weighted by molar-refractivity contribution is -0.140. The number of cyclic esters (lactones) is 2. The second-order valence-corrected chi connectivity index (χ2v) is 7.52. The van der Waals surface area contributed by atoms with Crippen LogP contribution in [0.5, 0.6) is 0 Å². The fourth-order valence-electron chi connectivity index (χ4n) is 2.23. The van der Waals surface area contributed by atoms with Crippen LogP contribution >= 0.6 is 23.5 Å². The van der Waals surface area contributed by atoms with Gasteiger partial charge in [-0.25, -0.2) is 9.59 Å². The molecule has 2 aliphatic heterocycles. The second kappa shape index (κ2) is 9.47. The quantitative estimate of drug-likeness (QED) is 0.561. The van der Waals surface area contributed by atoms with Gasteiger partial charge in [0.1, 0.15) is 24.4 Å². The molecule has 2 heterocycles. The Labute approximate surface area is 169 Å². The molecule has 2 aliphatic rings. The van der Waals surface area contributed by atoms with Crippen LogP contribution in [0.1, 0.15) is 0 Å². The molecule has 0 aliphatic carbocycles. The van der Waals surface area contributed by atoms with Crippen LogP contribution in [-0.2, 0) is 28.7 Å². The van der Waals surface area contributed by atoms with Crippen LogP contribution in [0, 0.1) is 0 Å². The van der Waals surface area contributed by atoms with Crippen molar-refractivity contribution in [2.75, 3.05) is 35.4 Å². The van der Waals surface area contributed by atoms with E-state index in [1.54, 1.807) is 24.3 Å². The summed E-state index contributed by atoms with van der Waals surface area (Å²) in [6.45, 7) is 0.515. The van der Waals surface area contributed by atoms with Gasteiger partial charge in [-0.2, -0.15) is 0 Å². The molecule has 28 heavy (non-hydrogen) atoms. The van der Waals surface area contributed by atoms with Crippen molar-refractivity contribution in [1.82, 2.24) is 0 Å². The first-order valence-electron chi connectivity index (χ1n) is 8.25. The van der Waals surface area contributed by atoms with Gasteiger partial charge in [-0.15, -0.1) is 23.5 Å². The van der Waals surface area contributed by atoms with Gasteiger partial charge in [0.15, 0.2) is 0 Å². The summed E-state index contributed by atoms with van der Waals surface area (Å²) in [6, 6.07) is 6.27. The zero-order valence-electron chi connectivity index (χ0n) is 14.6. The predicted octanol–water partition coefficient (Wildman–Crippen LogP) is 1.91. The Hall–Kier alpha value is -2.72. The molecule has 3 rings (SSSR count). The Morgan fingerprint density at radius 3 is 1.54 bits per heavy atom. The minimum absolute atomic E-state index is 0.0591. The van der Waals surface area contributed by atoms with Crippen molar-refractivity contribution < 1.29 is 28.7 Å². The summed E-state index contributed by atoms with van der Waals surface area (Å²) >= 11 is 2.66. The number of ether oxygens (including phenoxy) is 2. The number of benzene rings is 1. The third-order valence-corrected chi connectivity index (χ3v) is 5.21. The molecule has 10 heteroatoms. The van der Waals surface area contributed by atoms with E-state index < -0.39 is 23.8 Å². The summed E-state index contributed by atoms with van der Waals surface area (Å²) in [5.74, 6) is -1.27. The summed E-state index contributed by atoms with van der Waals surface area (Å²) in [4.78, 5) is 48.0. The molecule has 0 bridgehead atoms. The van der Waals surface area contributed by atoms with Gasteiger partial charge in [-0.05, 0) is 35.1 Å². The van der Waals surface area contributed by atoms with Crippen LogP contribution in [0.4, 0.5) is 11.4 Å². The molecule has 8 nitrogen and oxygen atoms in total. The molecule has 0 radical (unpaired) electrons. The smallest absolute Gasteiger partial charge is 0.344 e. The molecule has 0 aromatic heterocycles. The molecule has 0 saturated carbocycles. The van der Waals surface area contributed by atoms with Crippen molar-refractivity contribution in [3.05, 3.63) is 46.2 Å². The number of esters is 2. The van der Waals surface area contributed by atoms with Gasteiger partial charge >= 0.3 is 11.9 Å². The highest BCUT2D eigenvalue weighted by atomic mass is 32.2. The largest absolute Gasteiger partial charge is 0.461 e. The van der Waals surface area contributed by atoms with E-state index >= 15 is 0 Å². The Morgan fingerprint density at radius 1 is 0.750 bits per heavy atom. The second-order valence-electron chi connectivity index (χ2n) is 5.56. The highest BCUT2D eigenvalue weighted by molar-refractivity contribution is 8.02. The third kappa shape index (κ3) is 5.17. The highest BCUT2D eigenvalue weighted by Crippen LogP contribution is 2.19. The minimum Gasteiger partial charge on any atom is -0.461 e. The first-order chi connectivity index (χ1) is 13.5. The van der Waals surface area contributed by atoms with Crippen LogP contribution in [0.25, 0.3) is 0 Å². The lowest BCUT2D eigenvalue weighted by Crippen LogP contribution is -2.22. The Bertz CT molecular complexity index is 792. The van der Waals surface area contributed by atoms with Crippen LogP contribution in [-0.4, -0.2) is 48.5 Å². The van der Waals surface area contributed by atoms with Crippen LogP contribution in [0.15, 0.2) is 46.2 Å². The van der Waals surface area contributed by atoms with Gasteiger partial charge < -0.3 is 20.1 Å². The maximum Gasteiger partial charge on any atom is 0.344 e. The fourth-order valence-corrected chi connectivity index (χ4v) is 3.56. The molecule has 0 fully saturated rings. The SMILES string of the molecule is O=C(Nc1ccc(NC(=O)C2=CSCCOC2=O)cc1)C1=CSCCOC1=O. The van der Waals surface area contributed by atoms with Gasteiger partial charge in [0.2, 0.25) is 0 Å². The average Bonchev–Trinajstić information content (AvgIpc) is 3.03. The molecule has 0 atom stereocenters. The normalized spacial score (nSPS) is 17.1. The van der Waals surface area contributed by atoms with E-state index in [9.17, 15) is 19.2 Å². The van der Waals surface area contributed by atoms with E-state index in [0.29, 0.717) is 22.9 Å². The lowest BCUT2D eigenvalue weighted by atomic mass is 10.2. The standard InChI is InChI=1S/C18H16N2O6S2/c21-15(13-9-27-7-5-25-17(13)23)19-11-1-2-12(4-3-11)20-16(22)14-10-28-8-6-26-18(14)24/h1-4,9-10H,5-8H2,(H,19,21)(H,20,22). The van der Waals surface area contributed by atoms with Gasteiger partial charge in [-0.1, -0.05) is 0 Å². The molecule has 2 amide bonds. The molecular weight excluding hydrogens is 404 g/mol.